The van der Waals surface area contributed by atoms with Crippen molar-refractivity contribution >= 4 is 17.4 Å². The Kier molecular flexibility index (Phi) is 5.93. The lowest BCUT2D eigenvalue weighted by Gasteiger charge is -2.48. The fraction of sp³-hybridized carbons (Fsp3) is 0.750. The summed E-state index contributed by atoms with van der Waals surface area (Å²) in [4.78, 5) is 3.38. The quantitative estimate of drug-likeness (QED) is 0.190. The molecule has 114 valence electrons. The summed E-state index contributed by atoms with van der Waals surface area (Å²) in [7, 11) is 0. The highest BCUT2D eigenvalue weighted by molar-refractivity contribution is 7.78. The van der Waals surface area contributed by atoms with E-state index in [4.69, 9.17) is 4.74 Å². The van der Waals surface area contributed by atoms with Crippen molar-refractivity contribution in [2.24, 2.45) is 4.99 Å². The molecule has 0 spiro atoms. The van der Waals surface area contributed by atoms with Crippen LogP contribution in [0.2, 0.25) is 0 Å². The first kappa shape index (κ1) is 17.4. The molecule has 1 fully saturated rings. The number of nitrogens with zero attached hydrogens (tertiary/aromatic N) is 1. The lowest BCUT2D eigenvalue weighted by Crippen LogP contribution is -2.71. The van der Waals surface area contributed by atoms with E-state index in [0.29, 0.717) is 6.42 Å². The third-order valence-corrected chi connectivity index (χ3v) is 3.29. The SMILES string of the molecule is CCCC=C[C@]1(O)[C@H](O)C(O)(O)C(N=C=S)O[C@@H]1CO. The van der Waals surface area contributed by atoms with Crippen LogP contribution < -0.4 is 0 Å². The molecule has 0 amide bonds. The number of ether oxygens (including phenoxy) is 1. The molecule has 1 aliphatic rings. The van der Waals surface area contributed by atoms with Gasteiger partial charge in [0.25, 0.3) is 0 Å². The Labute approximate surface area is 121 Å². The number of thiocarbonyl (C=S) groups is 1. The number of aliphatic hydroxyl groups is 5. The van der Waals surface area contributed by atoms with Gasteiger partial charge in [0, 0.05) is 0 Å². The van der Waals surface area contributed by atoms with Crippen molar-refractivity contribution in [2.75, 3.05) is 6.61 Å². The maximum atomic E-state index is 10.4. The first-order valence-corrected chi connectivity index (χ1v) is 6.61. The summed E-state index contributed by atoms with van der Waals surface area (Å²) in [5, 5.41) is 51.4. The highest BCUT2D eigenvalue weighted by Crippen LogP contribution is 2.36. The predicted octanol–water partition coefficient (Wildman–Crippen LogP) is -1.06. The average Bonchev–Trinajstić information content (AvgIpc) is 2.41. The lowest BCUT2D eigenvalue weighted by molar-refractivity contribution is -0.365. The van der Waals surface area contributed by atoms with Gasteiger partial charge in [0.2, 0.25) is 12.0 Å². The number of aliphatic hydroxyl groups excluding tert-OH is 2. The van der Waals surface area contributed by atoms with Gasteiger partial charge < -0.3 is 30.3 Å². The van der Waals surface area contributed by atoms with Crippen LogP contribution in [0.15, 0.2) is 17.1 Å². The number of allylic oxidation sites excluding steroid dienone is 1. The zero-order chi connectivity index (χ0) is 15.4. The normalized spacial score (nSPS) is 36.8. The molecule has 20 heavy (non-hydrogen) atoms. The maximum Gasteiger partial charge on any atom is 0.242 e. The number of aliphatic imine (C=N–C) groups is 1. The van der Waals surface area contributed by atoms with Crippen molar-refractivity contribution in [2.45, 2.75) is 49.6 Å². The van der Waals surface area contributed by atoms with Gasteiger partial charge in [0.05, 0.1) is 11.8 Å². The lowest BCUT2D eigenvalue weighted by atomic mass is 9.81. The molecular weight excluding hydrogens is 286 g/mol. The number of rotatable bonds is 5. The molecule has 1 unspecified atom stereocenters. The molecule has 1 saturated heterocycles. The highest BCUT2D eigenvalue weighted by atomic mass is 32.1. The van der Waals surface area contributed by atoms with Crippen molar-refractivity contribution in [1.29, 1.82) is 0 Å². The van der Waals surface area contributed by atoms with Gasteiger partial charge in [-0.25, -0.2) is 0 Å². The van der Waals surface area contributed by atoms with Gasteiger partial charge in [-0.15, -0.1) is 0 Å². The third-order valence-electron chi connectivity index (χ3n) is 3.19. The first-order valence-electron chi connectivity index (χ1n) is 6.20. The first-order chi connectivity index (χ1) is 9.34. The third kappa shape index (κ3) is 3.13. The Bertz CT molecular complexity index is 409. The Morgan fingerprint density at radius 2 is 2.05 bits per heavy atom. The van der Waals surface area contributed by atoms with Crippen LogP contribution >= 0.6 is 12.2 Å². The number of hydrogen-bond acceptors (Lipinski definition) is 8. The fourth-order valence-electron chi connectivity index (χ4n) is 2.02. The van der Waals surface area contributed by atoms with Crippen LogP contribution in [0.1, 0.15) is 19.8 Å². The molecule has 5 N–H and O–H groups in total. The summed E-state index contributed by atoms with van der Waals surface area (Å²) in [5.41, 5.74) is -2.15. The molecule has 8 heteroatoms. The highest BCUT2D eigenvalue weighted by Gasteiger charge is 2.61. The zero-order valence-electron chi connectivity index (χ0n) is 11.0. The Morgan fingerprint density at radius 1 is 1.40 bits per heavy atom. The minimum atomic E-state index is -2.86. The van der Waals surface area contributed by atoms with Crippen LogP contribution in [0.3, 0.4) is 0 Å². The monoisotopic (exact) mass is 305 g/mol. The molecule has 4 atom stereocenters. The van der Waals surface area contributed by atoms with Crippen LogP contribution in [0, 0.1) is 0 Å². The van der Waals surface area contributed by atoms with E-state index in [2.05, 4.69) is 17.2 Å². The van der Waals surface area contributed by atoms with Crippen LogP contribution in [0.5, 0.6) is 0 Å². The topological polar surface area (TPSA) is 123 Å². The van der Waals surface area contributed by atoms with Crippen LogP contribution in [-0.4, -0.2) is 67.1 Å². The molecule has 0 saturated carbocycles. The van der Waals surface area contributed by atoms with Crippen molar-refractivity contribution in [1.82, 2.24) is 0 Å². The Hall–Kier alpha value is -0.700. The second kappa shape index (κ2) is 6.84. The van der Waals surface area contributed by atoms with Gasteiger partial charge in [0.1, 0.15) is 17.8 Å². The van der Waals surface area contributed by atoms with Crippen molar-refractivity contribution < 1.29 is 30.3 Å². The van der Waals surface area contributed by atoms with E-state index >= 15 is 0 Å². The minimum absolute atomic E-state index is 0.610. The fourth-order valence-corrected chi connectivity index (χ4v) is 2.11. The maximum absolute atomic E-state index is 10.4. The molecule has 1 aliphatic heterocycles. The zero-order valence-corrected chi connectivity index (χ0v) is 11.8. The largest absolute Gasteiger partial charge is 0.394 e. The second-order valence-corrected chi connectivity index (χ2v) is 4.83. The summed E-state index contributed by atoms with van der Waals surface area (Å²) < 4.78 is 5.10. The molecule has 0 aromatic carbocycles. The smallest absolute Gasteiger partial charge is 0.242 e. The van der Waals surface area contributed by atoms with Gasteiger partial charge in [0.15, 0.2) is 0 Å². The number of unbranched alkanes of at least 4 members (excludes halogenated alkanes) is 1. The molecule has 0 aromatic rings. The van der Waals surface area contributed by atoms with E-state index in [1.54, 1.807) is 6.08 Å². The molecular formula is C12H19NO6S. The van der Waals surface area contributed by atoms with Gasteiger partial charge in [-0.1, -0.05) is 25.5 Å². The average molecular weight is 305 g/mol. The van der Waals surface area contributed by atoms with E-state index in [9.17, 15) is 25.5 Å². The van der Waals surface area contributed by atoms with E-state index in [1.165, 1.54) is 6.08 Å². The molecule has 7 nitrogen and oxygen atoms in total. The van der Waals surface area contributed by atoms with Crippen LogP contribution in [0.25, 0.3) is 0 Å². The Morgan fingerprint density at radius 3 is 2.55 bits per heavy atom. The molecule has 0 bridgehead atoms. The number of hydrogen-bond donors (Lipinski definition) is 5. The van der Waals surface area contributed by atoms with Crippen molar-refractivity contribution in [3.8, 4) is 0 Å². The standard InChI is InChI=1S/C12H19NO6S/c1-2-3-4-5-11(16)8(6-14)19-10(13-7-20)12(17,18)9(11)15/h4-5,8-10,14-18H,2-3,6H2,1H3/t8-,9+,10?,11-/m1/s1. The van der Waals surface area contributed by atoms with E-state index in [1.807, 2.05) is 12.1 Å². The molecule has 1 heterocycles. The van der Waals surface area contributed by atoms with Crippen LogP contribution in [-0.2, 0) is 4.74 Å². The van der Waals surface area contributed by atoms with Gasteiger partial charge in [-0.05, 0) is 18.6 Å². The van der Waals surface area contributed by atoms with E-state index < -0.39 is 36.4 Å². The van der Waals surface area contributed by atoms with Crippen LogP contribution in [0.4, 0.5) is 0 Å². The van der Waals surface area contributed by atoms with Crippen molar-refractivity contribution in [3.63, 3.8) is 0 Å². The minimum Gasteiger partial charge on any atom is -0.394 e. The predicted molar refractivity (Wildman–Crippen MR) is 72.9 cm³/mol. The molecule has 0 aliphatic carbocycles. The summed E-state index contributed by atoms with van der Waals surface area (Å²) in [6, 6.07) is 0. The van der Waals surface area contributed by atoms with Gasteiger partial charge in [-0.3, -0.25) is 0 Å². The molecule has 0 radical (unpaired) electrons. The van der Waals surface area contributed by atoms with E-state index in [-0.39, 0.29) is 0 Å². The summed E-state index contributed by atoms with van der Waals surface area (Å²) in [6.07, 6.45) is -0.796. The van der Waals surface area contributed by atoms with Crippen molar-refractivity contribution in [3.05, 3.63) is 12.2 Å². The Balaban J connectivity index is 3.14. The van der Waals surface area contributed by atoms with E-state index in [0.717, 1.165) is 6.42 Å². The number of isothiocyanates is 1. The molecule has 0 aromatic heterocycles. The van der Waals surface area contributed by atoms with Gasteiger partial charge >= 0.3 is 0 Å². The summed E-state index contributed by atoms with van der Waals surface area (Å²) in [6.45, 7) is 1.27. The summed E-state index contributed by atoms with van der Waals surface area (Å²) >= 11 is 4.35. The second-order valence-electron chi connectivity index (χ2n) is 4.64. The summed E-state index contributed by atoms with van der Waals surface area (Å²) in [5.74, 6) is -2.86. The molecule has 1 rings (SSSR count). The van der Waals surface area contributed by atoms with Gasteiger partial charge in [-0.2, -0.15) is 4.99 Å².